The number of esters is 1. The lowest BCUT2D eigenvalue weighted by molar-refractivity contribution is -0.291. The fourth-order valence-corrected chi connectivity index (χ4v) is 2.54. The van der Waals surface area contributed by atoms with Crippen LogP contribution in [0.4, 0.5) is 13.2 Å². The summed E-state index contributed by atoms with van der Waals surface area (Å²) in [6.45, 7) is 4.06. The Morgan fingerprint density at radius 2 is 1.67 bits per heavy atom. The first-order valence-corrected chi connectivity index (χ1v) is 7.51. The molecule has 0 saturated carbocycles. The zero-order valence-corrected chi connectivity index (χ0v) is 13.3. The number of carbonyl (C=O) groups is 1. The average Bonchev–Trinajstić information content (AvgIpc) is 2.53. The van der Waals surface area contributed by atoms with Crippen LogP contribution >= 0.6 is 0 Å². The van der Waals surface area contributed by atoms with Crippen LogP contribution in [0.3, 0.4) is 0 Å². The summed E-state index contributed by atoms with van der Waals surface area (Å²) in [5.74, 6) is -0.800. The minimum Gasteiger partial charge on any atom is -0.493 e. The predicted octanol–water partition coefficient (Wildman–Crippen LogP) is 4.99. The molecule has 0 unspecified atom stereocenters. The van der Waals surface area contributed by atoms with Gasteiger partial charge in [0.1, 0.15) is 5.75 Å². The Labute approximate surface area is 138 Å². The first-order chi connectivity index (χ1) is 11.4. The molecule has 24 heavy (non-hydrogen) atoms. The minimum absolute atomic E-state index is 0.0985. The normalized spacial score (nSPS) is 11.2. The molecular formula is C18H17F3O3. The highest BCUT2D eigenvalue weighted by Gasteiger charge is 2.35. The van der Waals surface area contributed by atoms with Crippen LogP contribution in [-0.2, 0) is 11.2 Å². The van der Waals surface area contributed by atoms with Gasteiger partial charge in [-0.3, -0.25) is 0 Å². The van der Waals surface area contributed by atoms with Crippen molar-refractivity contribution in [1.82, 2.24) is 0 Å². The molecule has 0 N–H and O–H groups in total. The first kappa shape index (κ1) is 17.8. The van der Waals surface area contributed by atoms with Crippen molar-refractivity contribution < 1.29 is 27.4 Å². The third-order valence-corrected chi connectivity index (χ3v) is 3.43. The summed E-state index contributed by atoms with van der Waals surface area (Å²) < 4.78 is 46.2. The Morgan fingerprint density at radius 1 is 1.00 bits per heavy atom. The third-order valence-electron chi connectivity index (χ3n) is 3.43. The number of halogens is 3. The summed E-state index contributed by atoms with van der Waals surface area (Å²) in [4.78, 5) is 11.9. The smallest absolute Gasteiger partial charge is 0.493 e. The second kappa shape index (κ2) is 7.38. The number of rotatable bonds is 5. The van der Waals surface area contributed by atoms with E-state index in [1.54, 1.807) is 31.2 Å². The molecule has 2 aromatic rings. The van der Waals surface area contributed by atoms with Gasteiger partial charge in [0.2, 0.25) is 0 Å². The maximum atomic E-state index is 12.4. The predicted molar refractivity (Wildman–Crippen MR) is 83.9 cm³/mol. The second-order valence-electron chi connectivity index (χ2n) is 4.95. The SMILES string of the molecule is CCOc1ccccc1-c1cccc(C(=O)OC(F)(F)F)c1CC. The van der Waals surface area contributed by atoms with Crippen molar-refractivity contribution >= 4 is 5.97 Å². The van der Waals surface area contributed by atoms with Gasteiger partial charge in [0.15, 0.2) is 0 Å². The molecule has 3 nitrogen and oxygen atoms in total. The van der Waals surface area contributed by atoms with Crippen molar-refractivity contribution in [3.8, 4) is 16.9 Å². The summed E-state index contributed by atoms with van der Waals surface area (Å²) >= 11 is 0. The van der Waals surface area contributed by atoms with Crippen LogP contribution in [0.15, 0.2) is 42.5 Å². The molecule has 0 spiro atoms. The van der Waals surface area contributed by atoms with E-state index in [9.17, 15) is 18.0 Å². The van der Waals surface area contributed by atoms with Crippen molar-refractivity contribution in [1.29, 1.82) is 0 Å². The van der Waals surface area contributed by atoms with Crippen LogP contribution in [0.25, 0.3) is 11.1 Å². The summed E-state index contributed by atoms with van der Waals surface area (Å²) in [5, 5.41) is 0. The van der Waals surface area contributed by atoms with Crippen LogP contribution in [0.5, 0.6) is 5.75 Å². The zero-order valence-electron chi connectivity index (χ0n) is 13.3. The Kier molecular flexibility index (Phi) is 5.49. The summed E-state index contributed by atoms with van der Waals surface area (Å²) in [6.07, 6.45) is -4.64. The van der Waals surface area contributed by atoms with E-state index < -0.39 is 12.3 Å². The molecule has 0 saturated heterocycles. The van der Waals surface area contributed by atoms with Gasteiger partial charge in [0.25, 0.3) is 0 Å². The maximum Gasteiger partial charge on any atom is 0.575 e. The second-order valence-corrected chi connectivity index (χ2v) is 4.95. The molecule has 0 heterocycles. The topological polar surface area (TPSA) is 35.5 Å². The Bertz CT molecular complexity index is 724. The molecule has 0 bridgehead atoms. The standard InChI is InChI=1S/C18H17F3O3/c1-3-12-13(14-8-5-6-11-16(14)23-4-2)9-7-10-15(12)17(22)24-18(19,20)21/h5-11H,3-4H2,1-2H3. The highest BCUT2D eigenvalue weighted by atomic mass is 19.4. The molecule has 2 rings (SSSR count). The fraction of sp³-hybridized carbons (Fsp3) is 0.278. The third kappa shape index (κ3) is 4.07. The molecule has 0 aliphatic rings. The summed E-state index contributed by atoms with van der Waals surface area (Å²) in [7, 11) is 0. The maximum absolute atomic E-state index is 12.4. The molecule has 0 radical (unpaired) electrons. The van der Waals surface area contributed by atoms with Gasteiger partial charge in [-0.15, -0.1) is 13.2 Å². The lowest BCUT2D eigenvalue weighted by Crippen LogP contribution is -2.20. The van der Waals surface area contributed by atoms with Crippen LogP contribution in [0, 0.1) is 0 Å². The number of hydrogen-bond acceptors (Lipinski definition) is 3. The molecule has 0 aromatic heterocycles. The van der Waals surface area contributed by atoms with Gasteiger partial charge < -0.3 is 9.47 Å². The van der Waals surface area contributed by atoms with Gasteiger partial charge >= 0.3 is 12.3 Å². The number of carbonyl (C=O) groups excluding carboxylic acids is 1. The van der Waals surface area contributed by atoms with E-state index in [1.165, 1.54) is 12.1 Å². The first-order valence-electron chi connectivity index (χ1n) is 7.51. The molecule has 0 aliphatic carbocycles. The summed E-state index contributed by atoms with van der Waals surface area (Å²) in [5.41, 5.74) is 1.76. The van der Waals surface area contributed by atoms with Crippen LogP contribution in [-0.4, -0.2) is 18.9 Å². The van der Waals surface area contributed by atoms with Crippen molar-refractivity contribution in [3.63, 3.8) is 0 Å². The van der Waals surface area contributed by atoms with Gasteiger partial charge in [-0.25, -0.2) is 4.79 Å². The quantitative estimate of drug-likeness (QED) is 0.721. The zero-order chi connectivity index (χ0) is 17.7. The van der Waals surface area contributed by atoms with Gasteiger partial charge in [-0.1, -0.05) is 37.3 Å². The minimum atomic E-state index is -5.01. The van der Waals surface area contributed by atoms with Gasteiger partial charge in [-0.2, -0.15) is 0 Å². The Hall–Kier alpha value is -2.50. The van der Waals surface area contributed by atoms with E-state index in [0.717, 1.165) is 5.56 Å². The van der Waals surface area contributed by atoms with Crippen molar-refractivity contribution in [2.75, 3.05) is 6.61 Å². The molecule has 0 fully saturated rings. The van der Waals surface area contributed by atoms with Crippen LogP contribution in [0.2, 0.25) is 0 Å². The van der Waals surface area contributed by atoms with Gasteiger partial charge in [0.05, 0.1) is 12.2 Å². The van der Waals surface area contributed by atoms with Crippen molar-refractivity contribution in [2.45, 2.75) is 26.6 Å². The highest BCUT2D eigenvalue weighted by Crippen LogP contribution is 2.34. The van der Waals surface area contributed by atoms with E-state index in [-0.39, 0.29) is 5.56 Å². The molecule has 0 aliphatic heterocycles. The molecule has 128 valence electrons. The molecule has 2 aromatic carbocycles. The Morgan fingerprint density at radius 3 is 2.29 bits per heavy atom. The lowest BCUT2D eigenvalue weighted by Gasteiger charge is -2.16. The number of ether oxygens (including phenoxy) is 2. The molecule has 0 atom stereocenters. The summed E-state index contributed by atoms with van der Waals surface area (Å²) in [6, 6.07) is 11.8. The Balaban J connectivity index is 2.54. The lowest BCUT2D eigenvalue weighted by atomic mass is 9.93. The van der Waals surface area contributed by atoms with Gasteiger partial charge in [-0.05, 0) is 36.6 Å². The highest BCUT2D eigenvalue weighted by molar-refractivity contribution is 5.94. The number of alkyl halides is 3. The number of para-hydroxylation sites is 1. The number of hydrogen-bond donors (Lipinski definition) is 0. The largest absolute Gasteiger partial charge is 0.575 e. The van der Waals surface area contributed by atoms with Crippen LogP contribution in [0.1, 0.15) is 29.8 Å². The van der Waals surface area contributed by atoms with Gasteiger partial charge in [0, 0.05) is 5.56 Å². The van der Waals surface area contributed by atoms with Crippen molar-refractivity contribution in [3.05, 3.63) is 53.6 Å². The molecular weight excluding hydrogens is 321 g/mol. The van der Waals surface area contributed by atoms with E-state index in [2.05, 4.69) is 4.74 Å². The van der Waals surface area contributed by atoms with Crippen LogP contribution < -0.4 is 4.74 Å². The monoisotopic (exact) mass is 338 g/mol. The van der Waals surface area contributed by atoms with E-state index in [4.69, 9.17) is 4.74 Å². The molecule has 0 amide bonds. The van der Waals surface area contributed by atoms with E-state index in [1.807, 2.05) is 13.0 Å². The van der Waals surface area contributed by atoms with E-state index >= 15 is 0 Å². The number of benzene rings is 2. The average molecular weight is 338 g/mol. The molecule has 6 heteroatoms. The van der Waals surface area contributed by atoms with E-state index in [0.29, 0.717) is 29.9 Å². The van der Waals surface area contributed by atoms with Crippen molar-refractivity contribution in [2.24, 2.45) is 0 Å². The fourth-order valence-electron chi connectivity index (χ4n) is 2.54.